The number of nitrogens with zero attached hydrogens (tertiary/aromatic N) is 3. The van der Waals surface area contributed by atoms with Gasteiger partial charge < -0.3 is 9.30 Å². The van der Waals surface area contributed by atoms with Crippen LogP contribution >= 0.6 is 11.3 Å². The number of fused-ring (bicyclic) bond motifs is 2. The van der Waals surface area contributed by atoms with Crippen LogP contribution in [-0.2, 0) is 37.3 Å². The van der Waals surface area contributed by atoms with Gasteiger partial charge in [-0.15, -0.1) is 11.3 Å². The Bertz CT molecular complexity index is 1160. The van der Waals surface area contributed by atoms with Crippen molar-refractivity contribution in [1.29, 1.82) is 0 Å². The Kier molecular flexibility index (Phi) is 5.40. The SMILES string of the molecule is CCCCn1c(=O)[nH]c(=O)c2c1nc(COC(=O)c1cc3c(s1)CCC3)n2CC. The molecule has 0 radical (unpaired) electrons. The average molecular weight is 417 g/mol. The van der Waals surface area contributed by atoms with Crippen LogP contribution in [0.5, 0.6) is 0 Å². The van der Waals surface area contributed by atoms with Crippen molar-refractivity contribution in [3.05, 3.63) is 48.0 Å². The van der Waals surface area contributed by atoms with E-state index >= 15 is 0 Å². The molecule has 0 amide bonds. The number of imidazole rings is 1. The molecule has 1 N–H and O–H groups in total. The first-order valence-corrected chi connectivity index (χ1v) is 10.9. The molecule has 0 bridgehead atoms. The van der Waals surface area contributed by atoms with Crippen molar-refractivity contribution in [3.63, 3.8) is 0 Å². The number of esters is 1. The molecule has 0 saturated heterocycles. The molecule has 9 heteroatoms. The van der Waals surface area contributed by atoms with Crippen LogP contribution in [0.3, 0.4) is 0 Å². The Morgan fingerprint density at radius 2 is 2.10 bits per heavy atom. The van der Waals surface area contributed by atoms with Crippen molar-refractivity contribution in [3.8, 4) is 0 Å². The van der Waals surface area contributed by atoms with Gasteiger partial charge in [-0.2, -0.15) is 0 Å². The van der Waals surface area contributed by atoms with Crippen LogP contribution in [0.2, 0.25) is 0 Å². The van der Waals surface area contributed by atoms with Crippen LogP contribution in [0.25, 0.3) is 11.2 Å². The molecule has 0 spiro atoms. The summed E-state index contributed by atoms with van der Waals surface area (Å²) in [6, 6.07) is 1.92. The van der Waals surface area contributed by atoms with E-state index in [9.17, 15) is 14.4 Å². The molecule has 0 fully saturated rings. The molecule has 154 valence electrons. The summed E-state index contributed by atoms with van der Waals surface area (Å²) in [7, 11) is 0. The number of rotatable bonds is 7. The molecule has 0 atom stereocenters. The van der Waals surface area contributed by atoms with Crippen molar-refractivity contribution < 1.29 is 9.53 Å². The minimum atomic E-state index is -0.473. The normalized spacial score (nSPS) is 13.2. The lowest BCUT2D eigenvalue weighted by atomic mass is 10.2. The molecule has 8 nitrogen and oxygen atoms in total. The number of hydrogen-bond acceptors (Lipinski definition) is 6. The maximum atomic E-state index is 12.5. The summed E-state index contributed by atoms with van der Waals surface area (Å²) in [5.41, 5.74) is 0.987. The molecule has 0 aliphatic heterocycles. The number of nitrogens with one attached hydrogen (secondary N) is 1. The average Bonchev–Trinajstić information content (AvgIpc) is 3.38. The summed E-state index contributed by atoms with van der Waals surface area (Å²) in [6.07, 6.45) is 4.90. The lowest BCUT2D eigenvalue weighted by Gasteiger charge is -2.07. The number of aromatic nitrogens is 4. The maximum absolute atomic E-state index is 12.5. The lowest BCUT2D eigenvalue weighted by Crippen LogP contribution is -2.31. The van der Waals surface area contributed by atoms with Gasteiger partial charge in [0.1, 0.15) is 17.3 Å². The summed E-state index contributed by atoms with van der Waals surface area (Å²) in [5.74, 6) is 0.0812. The highest BCUT2D eigenvalue weighted by molar-refractivity contribution is 7.14. The molecule has 0 saturated carbocycles. The molecule has 3 aromatic rings. The summed E-state index contributed by atoms with van der Waals surface area (Å²) in [4.78, 5) is 45.9. The van der Waals surface area contributed by atoms with Crippen LogP contribution < -0.4 is 11.2 Å². The fourth-order valence-electron chi connectivity index (χ4n) is 3.82. The second-order valence-corrected chi connectivity index (χ2v) is 8.33. The first kappa shape index (κ1) is 19.6. The largest absolute Gasteiger partial charge is 0.453 e. The van der Waals surface area contributed by atoms with Gasteiger partial charge in [-0.3, -0.25) is 14.3 Å². The van der Waals surface area contributed by atoms with Crippen LogP contribution in [0.4, 0.5) is 0 Å². The molecule has 29 heavy (non-hydrogen) atoms. The monoisotopic (exact) mass is 416 g/mol. The molecular formula is C20H24N4O4S. The number of thiophene rings is 1. The molecule has 3 aromatic heterocycles. The van der Waals surface area contributed by atoms with E-state index in [0.717, 1.165) is 32.1 Å². The quantitative estimate of drug-likeness (QED) is 0.597. The topological polar surface area (TPSA) is 99.0 Å². The molecule has 3 heterocycles. The highest BCUT2D eigenvalue weighted by Gasteiger charge is 2.22. The van der Waals surface area contributed by atoms with Crippen LogP contribution in [0.15, 0.2) is 15.7 Å². The minimum Gasteiger partial charge on any atom is -0.453 e. The fourth-order valence-corrected chi connectivity index (χ4v) is 4.97. The third kappa shape index (κ3) is 3.55. The predicted molar refractivity (Wildman–Crippen MR) is 111 cm³/mol. The highest BCUT2D eigenvalue weighted by atomic mass is 32.1. The lowest BCUT2D eigenvalue weighted by molar-refractivity contribution is 0.0464. The summed E-state index contributed by atoms with van der Waals surface area (Å²) in [6.45, 7) is 4.82. The third-order valence-corrected chi connectivity index (χ3v) is 6.51. The van der Waals surface area contributed by atoms with E-state index in [2.05, 4.69) is 9.97 Å². The Morgan fingerprint density at radius 3 is 2.83 bits per heavy atom. The van der Waals surface area contributed by atoms with E-state index in [0.29, 0.717) is 35.0 Å². The molecular weight excluding hydrogens is 392 g/mol. The van der Waals surface area contributed by atoms with Crippen molar-refractivity contribution in [2.75, 3.05) is 0 Å². The number of aromatic amines is 1. The van der Waals surface area contributed by atoms with E-state index in [-0.39, 0.29) is 12.6 Å². The zero-order valence-electron chi connectivity index (χ0n) is 16.6. The number of carbonyl (C=O) groups is 1. The molecule has 1 aliphatic carbocycles. The van der Waals surface area contributed by atoms with Gasteiger partial charge in [0.05, 0.1) is 0 Å². The molecule has 0 unspecified atom stereocenters. The molecule has 4 rings (SSSR count). The highest BCUT2D eigenvalue weighted by Crippen LogP contribution is 2.31. The number of aryl methyl sites for hydroxylation is 4. The van der Waals surface area contributed by atoms with E-state index in [1.165, 1.54) is 26.3 Å². The predicted octanol–water partition coefficient (Wildman–Crippen LogP) is 2.61. The second-order valence-electron chi connectivity index (χ2n) is 7.20. The van der Waals surface area contributed by atoms with Gasteiger partial charge in [-0.25, -0.2) is 14.6 Å². The Morgan fingerprint density at radius 1 is 1.28 bits per heavy atom. The van der Waals surface area contributed by atoms with Gasteiger partial charge in [0.25, 0.3) is 5.56 Å². The van der Waals surface area contributed by atoms with E-state index in [1.54, 1.807) is 4.57 Å². The van der Waals surface area contributed by atoms with Gasteiger partial charge in [0.2, 0.25) is 0 Å². The van der Waals surface area contributed by atoms with E-state index < -0.39 is 11.2 Å². The van der Waals surface area contributed by atoms with Gasteiger partial charge in [0.15, 0.2) is 11.2 Å². The zero-order chi connectivity index (χ0) is 20.5. The third-order valence-electron chi connectivity index (χ3n) is 5.30. The van der Waals surface area contributed by atoms with Gasteiger partial charge >= 0.3 is 11.7 Å². The van der Waals surface area contributed by atoms with Crippen LogP contribution in [-0.4, -0.2) is 25.1 Å². The van der Waals surface area contributed by atoms with Crippen LogP contribution in [0, 0.1) is 0 Å². The van der Waals surface area contributed by atoms with Gasteiger partial charge in [0, 0.05) is 18.0 Å². The zero-order valence-corrected chi connectivity index (χ0v) is 17.4. The van der Waals surface area contributed by atoms with Crippen molar-refractivity contribution >= 4 is 28.5 Å². The molecule has 1 aliphatic rings. The summed E-state index contributed by atoms with van der Waals surface area (Å²) in [5, 5.41) is 0. The standard InChI is InChI=1S/C20H24N4O4S/c1-3-5-9-24-17-16(18(25)22-20(24)27)23(4-2)15(21-17)11-28-19(26)14-10-12-7-6-8-13(12)29-14/h10H,3-9,11H2,1-2H3,(H,22,25,27). The number of carbonyl (C=O) groups excluding carboxylic acids is 1. The first-order chi connectivity index (χ1) is 14.0. The fraction of sp³-hybridized carbons (Fsp3) is 0.500. The van der Waals surface area contributed by atoms with Gasteiger partial charge in [-0.05, 0) is 44.2 Å². The van der Waals surface area contributed by atoms with E-state index in [1.807, 2.05) is 19.9 Å². The Labute approximate surface area is 171 Å². The Hall–Kier alpha value is -2.68. The first-order valence-electron chi connectivity index (χ1n) is 10.0. The number of hydrogen-bond donors (Lipinski definition) is 1. The number of ether oxygens (including phenoxy) is 1. The number of H-pyrrole nitrogens is 1. The molecule has 0 aromatic carbocycles. The van der Waals surface area contributed by atoms with Gasteiger partial charge in [-0.1, -0.05) is 13.3 Å². The van der Waals surface area contributed by atoms with Crippen molar-refractivity contribution in [1.82, 2.24) is 19.1 Å². The summed E-state index contributed by atoms with van der Waals surface area (Å²) >= 11 is 1.49. The minimum absolute atomic E-state index is 0.0503. The Balaban J connectivity index is 1.64. The smallest absolute Gasteiger partial charge is 0.348 e. The van der Waals surface area contributed by atoms with Crippen molar-refractivity contribution in [2.24, 2.45) is 0 Å². The summed E-state index contributed by atoms with van der Waals surface area (Å²) < 4.78 is 8.70. The van der Waals surface area contributed by atoms with Crippen molar-refractivity contribution in [2.45, 2.75) is 65.6 Å². The maximum Gasteiger partial charge on any atom is 0.348 e. The number of unbranched alkanes of at least 4 members (excludes halogenated alkanes) is 1. The van der Waals surface area contributed by atoms with E-state index in [4.69, 9.17) is 4.74 Å². The second kappa shape index (κ2) is 7.98. The van der Waals surface area contributed by atoms with Crippen LogP contribution in [0.1, 0.15) is 59.0 Å².